The van der Waals surface area contributed by atoms with E-state index in [0.29, 0.717) is 11.3 Å². The molecule has 0 aliphatic heterocycles. The van der Waals surface area contributed by atoms with Gasteiger partial charge >= 0.3 is 6.03 Å². The summed E-state index contributed by atoms with van der Waals surface area (Å²) in [5.41, 5.74) is 2.06. The number of rotatable bonds is 4. The van der Waals surface area contributed by atoms with Gasteiger partial charge in [0.05, 0.1) is 29.6 Å². The van der Waals surface area contributed by atoms with E-state index in [9.17, 15) is 4.79 Å². The number of carbonyl (C=O) groups is 1. The van der Waals surface area contributed by atoms with Crippen LogP contribution in [0.5, 0.6) is 0 Å². The van der Waals surface area contributed by atoms with E-state index in [2.05, 4.69) is 21.8 Å². The van der Waals surface area contributed by atoms with Crippen molar-refractivity contribution in [3.05, 3.63) is 41.7 Å². The summed E-state index contributed by atoms with van der Waals surface area (Å²) in [6, 6.07) is 6.81. The van der Waals surface area contributed by atoms with Gasteiger partial charge in [-0.2, -0.15) is 10.4 Å². The Kier molecular flexibility index (Phi) is 5.07. The van der Waals surface area contributed by atoms with E-state index >= 15 is 0 Å². The van der Waals surface area contributed by atoms with Gasteiger partial charge in [-0.15, -0.1) is 11.8 Å². The lowest BCUT2D eigenvalue weighted by Crippen LogP contribution is -2.31. The second kappa shape index (κ2) is 7.00. The number of benzene rings is 1. The molecule has 22 heavy (non-hydrogen) atoms. The van der Waals surface area contributed by atoms with Crippen LogP contribution in [0.3, 0.4) is 0 Å². The predicted molar refractivity (Wildman–Crippen MR) is 86.7 cm³/mol. The van der Waals surface area contributed by atoms with Gasteiger partial charge in [0.25, 0.3) is 0 Å². The first-order chi connectivity index (χ1) is 10.5. The van der Waals surface area contributed by atoms with Crippen LogP contribution in [0.15, 0.2) is 35.5 Å². The largest absolute Gasteiger partial charge is 0.331 e. The second-order valence-corrected chi connectivity index (χ2v) is 5.64. The number of anilines is 1. The predicted octanol–water partition coefficient (Wildman–Crippen LogP) is 2.90. The van der Waals surface area contributed by atoms with Crippen molar-refractivity contribution in [2.45, 2.75) is 17.9 Å². The van der Waals surface area contributed by atoms with Crippen LogP contribution >= 0.6 is 11.8 Å². The number of carbonyl (C=O) groups excluding carboxylic acids is 1. The normalized spacial score (nSPS) is 11.5. The summed E-state index contributed by atoms with van der Waals surface area (Å²) in [7, 11) is 1.83. The van der Waals surface area contributed by atoms with Crippen molar-refractivity contribution < 1.29 is 4.79 Å². The quantitative estimate of drug-likeness (QED) is 0.850. The van der Waals surface area contributed by atoms with Crippen molar-refractivity contribution >= 4 is 23.5 Å². The third kappa shape index (κ3) is 3.80. The van der Waals surface area contributed by atoms with Crippen molar-refractivity contribution in [3.8, 4) is 6.07 Å². The van der Waals surface area contributed by atoms with Crippen LogP contribution in [0.2, 0.25) is 0 Å². The molecule has 114 valence electrons. The number of aromatic nitrogens is 2. The van der Waals surface area contributed by atoms with E-state index in [0.717, 1.165) is 10.5 Å². The number of nitrogens with zero attached hydrogens (tertiary/aromatic N) is 3. The summed E-state index contributed by atoms with van der Waals surface area (Å²) in [5, 5.41) is 18.7. The van der Waals surface area contributed by atoms with E-state index in [1.54, 1.807) is 23.0 Å². The molecule has 0 spiro atoms. The molecule has 1 aromatic heterocycles. The Balaban J connectivity index is 2.07. The van der Waals surface area contributed by atoms with Crippen molar-refractivity contribution in [1.29, 1.82) is 5.26 Å². The van der Waals surface area contributed by atoms with Gasteiger partial charge in [-0.05, 0) is 31.4 Å². The highest BCUT2D eigenvalue weighted by atomic mass is 32.2. The first-order valence-electron chi connectivity index (χ1n) is 6.67. The van der Waals surface area contributed by atoms with Gasteiger partial charge in [0.15, 0.2) is 0 Å². The molecule has 2 amide bonds. The van der Waals surface area contributed by atoms with Gasteiger partial charge in [0.2, 0.25) is 0 Å². The van der Waals surface area contributed by atoms with Crippen LogP contribution in [0.4, 0.5) is 10.5 Å². The fourth-order valence-corrected chi connectivity index (χ4v) is 2.51. The van der Waals surface area contributed by atoms with Gasteiger partial charge in [-0.25, -0.2) is 4.79 Å². The van der Waals surface area contributed by atoms with E-state index in [-0.39, 0.29) is 12.1 Å². The molecule has 7 heteroatoms. The summed E-state index contributed by atoms with van der Waals surface area (Å²) in [6.45, 7) is 1.89. The average molecular weight is 315 g/mol. The Labute approximate surface area is 133 Å². The lowest BCUT2D eigenvalue weighted by molar-refractivity contribution is 0.249. The molecule has 0 aliphatic rings. The molecule has 2 aromatic rings. The lowest BCUT2D eigenvalue weighted by Gasteiger charge is -2.15. The van der Waals surface area contributed by atoms with Crippen molar-refractivity contribution in [2.24, 2.45) is 7.05 Å². The summed E-state index contributed by atoms with van der Waals surface area (Å²) in [6.07, 6.45) is 5.49. The number of thioether (sulfide) groups is 1. The number of amides is 2. The molecule has 0 unspecified atom stereocenters. The maximum atomic E-state index is 12.1. The molecule has 1 heterocycles. The zero-order valence-electron chi connectivity index (χ0n) is 12.6. The van der Waals surface area contributed by atoms with Crippen LogP contribution in [-0.4, -0.2) is 22.1 Å². The van der Waals surface area contributed by atoms with Crippen molar-refractivity contribution in [3.63, 3.8) is 0 Å². The van der Waals surface area contributed by atoms with Gasteiger partial charge in [0.1, 0.15) is 0 Å². The minimum absolute atomic E-state index is 0.162. The van der Waals surface area contributed by atoms with Crippen molar-refractivity contribution in [2.75, 3.05) is 11.6 Å². The molecule has 0 bridgehead atoms. The highest BCUT2D eigenvalue weighted by Crippen LogP contribution is 2.26. The fourth-order valence-electron chi connectivity index (χ4n) is 1.98. The number of nitriles is 1. The van der Waals surface area contributed by atoms with E-state index in [1.807, 2.05) is 32.5 Å². The maximum absolute atomic E-state index is 12.1. The fraction of sp³-hybridized carbons (Fsp3) is 0.267. The van der Waals surface area contributed by atoms with Crippen LogP contribution in [0.25, 0.3) is 0 Å². The Hall–Kier alpha value is -2.46. The molecular formula is C15H17N5OS. The maximum Gasteiger partial charge on any atom is 0.319 e. The van der Waals surface area contributed by atoms with E-state index in [4.69, 9.17) is 5.26 Å². The van der Waals surface area contributed by atoms with E-state index < -0.39 is 0 Å². The molecule has 0 aliphatic carbocycles. The first-order valence-corrected chi connectivity index (χ1v) is 7.90. The molecule has 2 N–H and O–H groups in total. The number of urea groups is 1. The molecule has 1 aromatic carbocycles. The summed E-state index contributed by atoms with van der Waals surface area (Å²) in [4.78, 5) is 13.0. The number of aryl methyl sites for hydroxylation is 1. The van der Waals surface area contributed by atoms with Gasteiger partial charge in [-0.1, -0.05) is 0 Å². The molecule has 0 radical (unpaired) electrons. The minimum Gasteiger partial charge on any atom is -0.331 e. The summed E-state index contributed by atoms with van der Waals surface area (Å²) >= 11 is 1.51. The molecule has 1 atom stereocenters. The van der Waals surface area contributed by atoms with Crippen molar-refractivity contribution in [1.82, 2.24) is 15.1 Å². The monoisotopic (exact) mass is 315 g/mol. The standard InChI is InChI=1S/C15H17N5OS/c1-10(12-8-17-20(2)9-12)18-15(21)19-13-6-11(7-16)4-5-14(13)22-3/h4-6,8-10H,1-3H3,(H2,18,19,21)/t10-/m0/s1. The van der Waals surface area contributed by atoms with Gasteiger partial charge in [-0.3, -0.25) is 4.68 Å². The Bertz CT molecular complexity index is 719. The molecule has 2 rings (SSSR count). The number of nitrogens with one attached hydrogen (secondary N) is 2. The smallest absolute Gasteiger partial charge is 0.319 e. The van der Waals surface area contributed by atoms with Crippen LogP contribution in [0.1, 0.15) is 24.1 Å². The Morgan fingerprint density at radius 2 is 2.27 bits per heavy atom. The van der Waals surface area contributed by atoms with Gasteiger partial charge in [0, 0.05) is 23.7 Å². The number of hydrogen-bond acceptors (Lipinski definition) is 4. The Morgan fingerprint density at radius 1 is 1.50 bits per heavy atom. The molecule has 0 saturated heterocycles. The summed E-state index contributed by atoms with van der Waals surface area (Å²) in [5.74, 6) is 0. The SMILES string of the molecule is CSc1ccc(C#N)cc1NC(=O)N[C@@H](C)c1cnn(C)c1. The minimum atomic E-state index is -0.318. The van der Waals surface area contributed by atoms with Crippen LogP contribution in [-0.2, 0) is 7.05 Å². The zero-order valence-corrected chi connectivity index (χ0v) is 13.4. The average Bonchev–Trinajstić information content (AvgIpc) is 2.93. The summed E-state index contributed by atoms with van der Waals surface area (Å²) < 4.78 is 1.69. The zero-order chi connectivity index (χ0) is 16.1. The topological polar surface area (TPSA) is 82.7 Å². The molecule has 6 nitrogen and oxygen atoms in total. The molecular weight excluding hydrogens is 298 g/mol. The first kappa shape index (κ1) is 15.9. The Morgan fingerprint density at radius 3 is 2.86 bits per heavy atom. The van der Waals surface area contributed by atoms with Crippen LogP contribution < -0.4 is 10.6 Å². The highest BCUT2D eigenvalue weighted by molar-refractivity contribution is 7.98. The molecule has 0 saturated carbocycles. The number of hydrogen-bond donors (Lipinski definition) is 2. The van der Waals surface area contributed by atoms with E-state index in [1.165, 1.54) is 11.8 Å². The highest BCUT2D eigenvalue weighted by Gasteiger charge is 2.13. The second-order valence-electron chi connectivity index (χ2n) is 4.79. The van der Waals surface area contributed by atoms with Gasteiger partial charge < -0.3 is 10.6 Å². The van der Waals surface area contributed by atoms with Crippen LogP contribution in [0, 0.1) is 11.3 Å². The third-order valence-electron chi connectivity index (χ3n) is 3.15. The lowest BCUT2D eigenvalue weighted by atomic mass is 10.2. The third-order valence-corrected chi connectivity index (χ3v) is 3.95. The molecule has 0 fully saturated rings.